The lowest BCUT2D eigenvalue weighted by atomic mass is 9.92. The van der Waals surface area contributed by atoms with Crippen LogP contribution < -0.4 is 16.4 Å². The molecule has 3 amide bonds. The lowest BCUT2D eigenvalue weighted by molar-refractivity contribution is -0.132. The van der Waals surface area contributed by atoms with Gasteiger partial charge in [0.15, 0.2) is 5.69 Å². The van der Waals surface area contributed by atoms with Crippen molar-refractivity contribution in [1.82, 2.24) is 25.6 Å². The van der Waals surface area contributed by atoms with E-state index in [1.165, 1.54) is 42.2 Å². The van der Waals surface area contributed by atoms with Crippen LogP contribution in [0.25, 0.3) is 5.69 Å². The molecule has 1 aliphatic rings. The molecule has 1 aromatic heterocycles. The maximum atomic E-state index is 13.0. The van der Waals surface area contributed by atoms with Crippen LogP contribution in [0.5, 0.6) is 0 Å². The molecule has 1 heterocycles. The molecule has 10 heteroatoms. The Morgan fingerprint density at radius 3 is 2.57 bits per heavy atom. The quantitative estimate of drug-likeness (QED) is 0.625. The third-order valence-corrected chi connectivity index (χ3v) is 4.44. The van der Waals surface area contributed by atoms with E-state index in [1.807, 2.05) is 0 Å². The van der Waals surface area contributed by atoms with Gasteiger partial charge in [-0.2, -0.15) is 9.90 Å². The molecular formula is C18H21FN6O3. The zero-order valence-corrected chi connectivity index (χ0v) is 15.3. The molecule has 1 fully saturated rings. The lowest BCUT2D eigenvalue weighted by Gasteiger charge is -2.27. The number of nitrogens with zero attached hydrogens (tertiary/aromatic N) is 3. The molecule has 0 saturated heterocycles. The van der Waals surface area contributed by atoms with E-state index in [4.69, 9.17) is 5.73 Å². The summed E-state index contributed by atoms with van der Waals surface area (Å²) in [7, 11) is 0. The number of aromatic nitrogens is 3. The Morgan fingerprint density at radius 2 is 1.96 bits per heavy atom. The van der Waals surface area contributed by atoms with Gasteiger partial charge in [-0.05, 0) is 36.6 Å². The second-order valence-corrected chi connectivity index (χ2v) is 6.99. The molecule has 1 aliphatic carbocycles. The molecule has 1 unspecified atom stereocenters. The van der Waals surface area contributed by atoms with Crippen molar-refractivity contribution in [1.29, 1.82) is 0 Å². The summed E-state index contributed by atoms with van der Waals surface area (Å²) in [5.41, 5.74) is 5.33. The summed E-state index contributed by atoms with van der Waals surface area (Å²) >= 11 is 0. The number of carbonyl (C=O) groups is 3. The Balaban J connectivity index is 1.66. The van der Waals surface area contributed by atoms with Crippen molar-refractivity contribution >= 4 is 17.7 Å². The molecule has 1 saturated carbocycles. The average Bonchev–Trinajstić information content (AvgIpc) is 3.31. The number of imide groups is 1. The molecule has 28 heavy (non-hydrogen) atoms. The monoisotopic (exact) mass is 388 g/mol. The minimum Gasteiger partial charge on any atom is -0.348 e. The van der Waals surface area contributed by atoms with E-state index in [-0.39, 0.29) is 12.2 Å². The highest BCUT2D eigenvalue weighted by Crippen LogP contribution is 2.36. The number of hydrogen-bond donors (Lipinski definition) is 3. The molecule has 0 radical (unpaired) electrons. The fourth-order valence-corrected chi connectivity index (χ4v) is 2.76. The molecule has 0 aliphatic heterocycles. The van der Waals surface area contributed by atoms with Crippen LogP contribution in [-0.2, 0) is 9.59 Å². The zero-order chi connectivity index (χ0) is 20.3. The summed E-state index contributed by atoms with van der Waals surface area (Å²) < 4.78 is 13.0. The summed E-state index contributed by atoms with van der Waals surface area (Å²) in [5, 5.41) is 12.8. The summed E-state index contributed by atoms with van der Waals surface area (Å²) in [5.74, 6) is -1.78. The number of hydrogen-bond acceptors (Lipinski definition) is 6. The van der Waals surface area contributed by atoms with Crippen molar-refractivity contribution in [3.8, 4) is 5.69 Å². The highest BCUT2D eigenvalue weighted by Gasteiger charge is 2.40. The van der Waals surface area contributed by atoms with Gasteiger partial charge < -0.3 is 11.1 Å². The Kier molecular flexibility index (Phi) is 5.50. The Hall–Kier alpha value is -3.14. The van der Waals surface area contributed by atoms with Gasteiger partial charge in [0.25, 0.3) is 5.91 Å². The van der Waals surface area contributed by atoms with Crippen LogP contribution in [0.15, 0.2) is 30.5 Å². The van der Waals surface area contributed by atoms with Crippen LogP contribution in [0.4, 0.5) is 4.39 Å². The number of carbonyl (C=O) groups excluding carboxylic acids is 3. The molecule has 0 bridgehead atoms. The van der Waals surface area contributed by atoms with E-state index in [2.05, 4.69) is 20.8 Å². The van der Waals surface area contributed by atoms with Crippen LogP contribution in [0.2, 0.25) is 0 Å². The Morgan fingerprint density at radius 1 is 1.29 bits per heavy atom. The third kappa shape index (κ3) is 4.77. The molecule has 2 aromatic rings. The van der Waals surface area contributed by atoms with Gasteiger partial charge >= 0.3 is 0 Å². The second-order valence-electron chi connectivity index (χ2n) is 6.99. The summed E-state index contributed by atoms with van der Waals surface area (Å²) in [4.78, 5) is 37.1. The lowest BCUT2D eigenvalue weighted by Crippen LogP contribution is -2.61. The molecule has 1 atom stereocenters. The van der Waals surface area contributed by atoms with Crippen molar-refractivity contribution in [3.05, 3.63) is 42.0 Å². The van der Waals surface area contributed by atoms with Crippen LogP contribution in [0.3, 0.4) is 0 Å². The van der Waals surface area contributed by atoms with Gasteiger partial charge in [-0.3, -0.25) is 19.7 Å². The Labute approximate surface area is 160 Å². The zero-order valence-electron chi connectivity index (χ0n) is 15.3. The van der Waals surface area contributed by atoms with Gasteiger partial charge in [0.2, 0.25) is 11.8 Å². The van der Waals surface area contributed by atoms with Gasteiger partial charge in [-0.15, -0.1) is 5.10 Å². The molecule has 4 N–H and O–H groups in total. The van der Waals surface area contributed by atoms with Crippen LogP contribution in [0.1, 0.15) is 36.7 Å². The summed E-state index contributed by atoms with van der Waals surface area (Å²) in [6, 6.07) is 5.47. The van der Waals surface area contributed by atoms with E-state index in [9.17, 15) is 18.8 Å². The molecular weight excluding hydrogens is 367 g/mol. The predicted octanol–water partition coefficient (Wildman–Crippen LogP) is 0.297. The van der Waals surface area contributed by atoms with Gasteiger partial charge in [0.1, 0.15) is 11.4 Å². The first-order valence-electron chi connectivity index (χ1n) is 8.84. The van der Waals surface area contributed by atoms with E-state index in [0.29, 0.717) is 18.0 Å². The molecule has 148 valence electrons. The summed E-state index contributed by atoms with van der Waals surface area (Å²) in [6.07, 6.45) is 3.56. The van der Waals surface area contributed by atoms with Crippen LogP contribution >= 0.6 is 0 Å². The third-order valence-electron chi connectivity index (χ3n) is 4.44. The van der Waals surface area contributed by atoms with Crippen LogP contribution in [-0.4, -0.2) is 44.8 Å². The van der Waals surface area contributed by atoms with Gasteiger partial charge in [0.05, 0.1) is 11.9 Å². The number of nitrogens with one attached hydrogen (secondary N) is 2. The Bertz CT molecular complexity index is 893. The van der Waals surface area contributed by atoms with E-state index in [1.54, 1.807) is 0 Å². The smallest absolute Gasteiger partial charge is 0.273 e. The largest absolute Gasteiger partial charge is 0.348 e. The minimum absolute atomic E-state index is 0.0186. The highest BCUT2D eigenvalue weighted by molar-refractivity contribution is 6.00. The standard InChI is InChI=1S/C18H21FN6O3/c1-11(26)23-17(28)18(20,8-12-2-3-12)10-21-16(27)15-9-22-25(24-15)14-6-4-13(19)5-7-14/h4-7,9,12H,2-3,8,10,20H2,1H3,(H,21,27)(H,23,26,28). The van der Waals surface area contributed by atoms with Crippen molar-refractivity contribution in [2.24, 2.45) is 11.7 Å². The number of halogens is 1. The first kappa shape index (κ1) is 19.6. The highest BCUT2D eigenvalue weighted by atomic mass is 19.1. The van der Waals surface area contributed by atoms with E-state index < -0.39 is 29.1 Å². The van der Waals surface area contributed by atoms with Crippen LogP contribution in [0, 0.1) is 11.7 Å². The van der Waals surface area contributed by atoms with Crippen molar-refractivity contribution in [3.63, 3.8) is 0 Å². The topological polar surface area (TPSA) is 132 Å². The van der Waals surface area contributed by atoms with Gasteiger partial charge in [0, 0.05) is 13.5 Å². The first-order chi connectivity index (χ1) is 13.3. The normalized spacial score (nSPS) is 15.5. The number of amides is 3. The molecule has 0 spiro atoms. The fraction of sp³-hybridized carbons (Fsp3) is 0.389. The molecule has 9 nitrogen and oxygen atoms in total. The van der Waals surface area contributed by atoms with Crippen molar-refractivity contribution < 1.29 is 18.8 Å². The minimum atomic E-state index is -1.39. The molecule has 3 rings (SSSR count). The van der Waals surface area contributed by atoms with Gasteiger partial charge in [-0.1, -0.05) is 12.8 Å². The van der Waals surface area contributed by atoms with E-state index in [0.717, 1.165) is 12.8 Å². The number of nitrogens with two attached hydrogens (primary N) is 1. The van der Waals surface area contributed by atoms with Crippen molar-refractivity contribution in [2.75, 3.05) is 6.54 Å². The maximum Gasteiger partial charge on any atom is 0.273 e. The summed E-state index contributed by atoms with van der Waals surface area (Å²) in [6.45, 7) is 1.08. The van der Waals surface area contributed by atoms with E-state index >= 15 is 0 Å². The van der Waals surface area contributed by atoms with Crippen molar-refractivity contribution in [2.45, 2.75) is 31.7 Å². The molecule has 1 aromatic carbocycles. The first-order valence-corrected chi connectivity index (χ1v) is 8.84. The fourth-order valence-electron chi connectivity index (χ4n) is 2.76. The number of rotatable bonds is 7. The average molecular weight is 388 g/mol. The second kappa shape index (κ2) is 7.85. The van der Waals surface area contributed by atoms with Gasteiger partial charge in [-0.25, -0.2) is 4.39 Å². The number of benzene rings is 1. The SMILES string of the molecule is CC(=O)NC(=O)C(N)(CNC(=O)c1cnn(-c2ccc(F)cc2)n1)CC1CC1. The predicted molar refractivity (Wildman–Crippen MR) is 96.7 cm³/mol. The maximum absolute atomic E-state index is 13.0.